The summed E-state index contributed by atoms with van der Waals surface area (Å²) >= 11 is 0. The van der Waals surface area contributed by atoms with Crippen LogP contribution in [0.25, 0.3) is 11.0 Å². The molecular weight excluding hydrogens is 356 g/mol. The van der Waals surface area contributed by atoms with Crippen LogP contribution in [0.3, 0.4) is 0 Å². The summed E-state index contributed by atoms with van der Waals surface area (Å²) in [5, 5.41) is 6.35. The highest BCUT2D eigenvalue weighted by Crippen LogP contribution is 2.32. The van der Waals surface area contributed by atoms with E-state index in [4.69, 9.17) is 9.15 Å². The molecule has 0 bridgehead atoms. The molecule has 0 saturated carbocycles. The zero-order valence-electron chi connectivity index (χ0n) is 16.1. The van der Waals surface area contributed by atoms with E-state index >= 15 is 0 Å². The van der Waals surface area contributed by atoms with Crippen molar-refractivity contribution in [1.29, 1.82) is 0 Å². The van der Waals surface area contributed by atoms with E-state index in [1.54, 1.807) is 30.3 Å². The first kappa shape index (κ1) is 19.5. The lowest BCUT2D eigenvalue weighted by molar-refractivity contribution is -0.116. The van der Waals surface area contributed by atoms with E-state index in [-0.39, 0.29) is 11.7 Å². The lowest BCUT2D eigenvalue weighted by Gasteiger charge is -2.08. The third kappa shape index (κ3) is 4.52. The Hall–Kier alpha value is -3.28. The largest absolute Gasteiger partial charge is 0.494 e. The molecule has 6 heteroatoms. The van der Waals surface area contributed by atoms with E-state index in [0.717, 1.165) is 18.6 Å². The molecule has 0 saturated heterocycles. The molecule has 0 unspecified atom stereocenters. The van der Waals surface area contributed by atoms with Crippen molar-refractivity contribution < 1.29 is 18.7 Å². The van der Waals surface area contributed by atoms with Crippen molar-refractivity contribution in [2.45, 2.75) is 33.1 Å². The molecule has 2 amide bonds. The van der Waals surface area contributed by atoms with Gasteiger partial charge < -0.3 is 19.8 Å². The number of unbranched alkanes of at least 4 members (excludes halogenated alkanes) is 1. The van der Waals surface area contributed by atoms with Gasteiger partial charge in [-0.25, -0.2) is 0 Å². The predicted octanol–water partition coefficient (Wildman–Crippen LogP) is 5.21. The number of hydrogen-bond acceptors (Lipinski definition) is 4. The fourth-order valence-corrected chi connectivity index (χ4v) is 2.86. The number of fused-ring (bicyclic) bond motifs is 1. The molecule has 0 atom stereocenters. The number of amides is 2. The standard InChI is InChI=1S/C22H24N2O4/c1-3-5-10-19(25)24-20-17-8-6-7-9-18(17)28-21(20)22(26)23-15-11-13-16(14-12-15)27-4-2/h6-9,11-14H,3-5,10H2,1-2H3,(H,23,26)(H,24,25). The summed E-state index contributed by atoms with van der Waals surface area (Å²) in [5.74, 6) is 0.253. The number of nitrogens with one attached hydrogen (secondary N) is 2. The Labute approximate surface area is 163 Å². The predicted molar refractivity (Wildman–Crippen MR) is 110 cm³/mol. The highest BCUT2D eigenvalue weighted by molar-refractivity contribution is 6.14. The Bertz CT molecular complexity index is 960. The number of furan rings is 1. The lowest BCUT2D eigenvalue weighted by atomic mass is 10.2. The van der Waals surface area contributed by atoms with Gasteiger partial charge in [0, 0.05) is 17.5 Å². The Kier molecular flexibility index (Phi) is 6.32. The second kappa shape index (κ2) is 9.08. The highest BCUT2D eigenvalue weighted by atomic mass is 16.5. The van der Waals surface area contributed by atoms with Gasteiger partial charge in [-0.3, -0.25) is 9.59 Å². The van der Waals surface area contributed by atoms with Crippen LogP contribution >= 0.6 is 0 Å². The summed E-state index contributed by atoms with van der Waals surface area (Å²) in [6.45, 7) is 4.51. The first-order valence-corrected chi connectivity index (χ1v) is 9.48. The average molecular weight is 380 g/mol. The van der Waals surface area contributed by atoms with Crippen molar-refractivity contribution in [1.82, 2.24) is 0 Å². The number of ether oxygens (including phenoxy) is 1. The molecule has 2 N–H and O–H groups in total. The minimum absolute atomic E-state index is 0.0833. The summed E-state index contributed by atoms with van der Waals surface area (Å²) < 4.78 is 11.2. The lowest BCUT2D eigenvalue weighted by Crippen LogP contribution is -2.16. The molecule has 0 fully saturated rings. The maximum Gasteiger partial charge on any atom is 0.293 e. The second-order valence-electron chi connectivity index (χ2n) is 6.37. The quantitative estimate of drug-likeness (QED) is 0.562. The zero-order chi connectivity index (χ0) is 19.9. The Morgan fingerprint density at radius 1 is 1.00 bits per heavy atom. The van der Waals surface area contributed by atoms with Crippen LogP contribution in [-0.2, 0) is 4.79 Å². The Morgan fingerprint density at radius 2 is 1.75 bits per heavy atom. The molecule has 1 heterocycles. The van der Waals surface area contributed by atoms with Gasteiger partial charge in [0.2, 0.25) is 11.7 Å². The van der Waals surface area contributed by atoms with Crippen LogP contribution in [-0.4, -0.2) is 18.4 Å². The average Bonchev–Trinajstić information content (AvgIpc) is 3.07. The van der Waals surface area contributed by atoms with Crippen LogP contribution in [0.2, 0.25) is 0 Å². The van der Waals surface area contributed by atoms with E-state index in [2.05, 4.69) is 10.6 Å². The third-order valence-electron chi connectivity index (χ3n) is 4.25. The van der Waals surface area contributed by atoms with E-state index in [1.807, 2.05) is 32.0 Å². The van der Waals surface area contributed by atoms with Gasteiger partial charge in [-0.1, -0.05) is 25.5 Å². The van der Waals surface area contributed by atoms with Gasteiger partial charge in [0.15, 0.2) is 0 Å². The minimum atomic E-state index is -0.425. The Morgan fingerprint density at radius 3 is 2.46 bits per heavy atom. The molecule has 28 heavy (non-hydrogen) atoms. The number of benzene rings is 2. The molecule has 0 aliphatic carbocycles. The van der Waals surface area contributed by atoms with Gasteiger partial charge in [0.1, 0.15) is 17.0 Å². The first-order valence-electron chi connectivity index (χ1n) is 9.48. The fourth-order valence-electron chi connectivity index (χ4n) is 2.86. The van der Waals surface area contributed by atoms with Crippen molar-refractivity contribution in [2.75, 3.05) is 17.2 Å². The van der Waals surface area contributed by atoms with Crippen molar-refractivity contribution in [2.24, 2.45) is 0 Å². The Balaban J connectivity index is 1.85. The summed E-state index contributed by atoms with van der Waals surface area (Å²) in [6, 6.07) is 14.3. The second-order valence-corrected chi connectivity index (χ2v) is 6.37. The fraction of sp³-hybridized carbons (Fsp3) is 0.273. The first-order chi connectivity index (χ1) is 13.6. The summed E-state index contributed by atoms with van der Waals surface area (Å²) in [7, 11) is 0. The van der Waals surface area contributed by atoms with Gasteiger partial charge in [-0.05, 0) is 49.7 Å². The summed E-state index contributed by atoms with van der Waals surface area (Å²) in [6.07, 6.45) is 2.11. The van der Waals surface area contributed by atoms with Crippen LogP contribution in [0.4, 0.5) is 11.4 Å². The molecule has 3 aromatic rings. The number of rotatable bonds is 8. The molecule has 146 valence electrons. The van der Waals surface area contributed by atoms with Crippen molar-refractivity contribution in [3.05, 3.63) is 54.3 Å². The summed E-state index contributed by atoms with van der Waals surface area (Å²) in [4.78, 5) is 25.1. The minimum Gasteiger partial charge on any atom is -0.494 e. The van der Waals surface area contributed by atoms with Gasteiger partial charge >= 0.3 is 0 Å². The van der Waals surface area contributed by atoms with Crippen LogP contribution in [0.5, 0.6) is 5.75 Å². The molecular formula is C22H24N2O4. The SMILES string of the molecule is CCCCC(=O)Nc1c(C(=O)Nc2ccc(OCC)cc2)oc2ccccc12. The molecule has 6 nitrogen and oxygen atoms in total. The molecule has 3 rings (SSSR count). The van der Waals surface area contributed by atoms with E-state index in [9.17, 15) is 9.59 Å². The topological polar surface area (TPSA) is 80.6 Å². The van der Waals surface area contributed by atoms with Gasteiger partial charge in [0.05, 0.1) is 6.61 Å². The zero-order valence-corrected chi connectivity index (χ0v) is 16.1. The van der Waals surface area contributed by atoms with Gasteiger partial charge in [-0.15, -0.1) is 0 Å². The normalized spacial score (nSPS) is 10.6. The van der Waals surface area contributed by atoms with Crippen molar-refractivity contribution in [3.8, 4) is 5.75 Å². The van der Waals surface area contributed by atoms with E-state index in [1.165, 1.54) is 0 Å². The van der Waals surface area contributed by atoms with Crippen LogP contribution in [0.15, 0.2) is 52.9 Å². The third-order valence-corrected chi connectivity index (χ3v) is 4.25. The van der Waals surface area contributed by atoms with Crippen molar-refractivity contribution >= 4 is 34.2 Å². The van der Waals surface area contributed by atoms with Crippen LogP contribution < -0.4 is 15.4 Å². The number of para-hydroxylation sites is 1. The van der Waals surface area contributed by atoms with Gasteiger partial charge in [-0.2, -0.15) is 0 Å². The summed E-state index contributed by atoms with van der Waals surface area (Å²) in [5.41, 5.74) is 1.56. The maximum atomic E-state index is 12.8. The highest BCUT2D eigenvalue weighted by Gasteiger charge is 2.22. The molecule has 0 aliphatic heterocycles. The molecule has 1 aromatic heterocycles. The number of carbonyl (C=O) groups excluding carboxylic acids is 2. The molecule has 0 aliphatic rings. The van der Waals surface area contributed by atoms with E-state index < -0.39 is 5.91 Å². The molecule has 0 radical (unpaired) electrons. The monoisotopic (exact) mass is 380 g/mol. The van der Waals surface area contributed by atoms with Crippen LogP contribution in [0, 0.1) is 0 Å². The number of anilines is 2. The number of carbonyl (C=O) groups is 2. The van der Waals surface area contributed by atoms with Crippen LogP contribution in [0.1, 0.15) is 43.7 Å². The molecule has 0 spiro atoms. The molecule has 2 aromatic carbocycles. The van der Waals surface area contributed by atoms with Gasteiger partial charge in [0.25, 0.3) is 5.91 Å². The maximum absolute atomic E-state index is 12.8. The van der Waals surface area contributed by atoms with E-state index in [0.29, 0.717) is 35.4 Å². The van der Waals surface area contributed by atoms with Crippen molar-refractivity contribution in [3.63, 3.8) is 0 Å². The number of hydrogen-bond donors (Lipinski definition) is 2. The smallest absolute Gasteiger partial charge is 0.293 e.